The summed E-state index contributed by atoms with van der Waals surface area (Å²) in [6, 6.07) is 6.64. The first-order valence-electron chi connectivity index (χ1n) is 8.82. The van der Waals surface area contributed by atoms with Crippen LogP contribution in [0, 0.1) is 16.0 Å². The smallest absolute Gasteiger partial charge is 0.292 e. The molecule has 0 saturated carbocycles. The second-order valence-electron chi connectivity index (χ2n) is 7.04. The fourth-order valence-corrected chi connectivity index (χ4v) is 4.64. The molecule has 1 aromatic rings. The van der Waals surface area contributed by atoms with E-state index in [2.05, 4.69) is 40.6 Å². The van der Waals surface area contributed by atoms with Crippen molar-refractivity contribution in [3.05, 3.63) is 34.4 Å². The molecule has 2 aliphatic rings. The summed E-state index contributed by atoms with van der Waals surface area (Å²) in [6.45, 7) is 6.50. The summed E-state index contributed by atoms with van der Waals surface area (Å²) in [4.78, 5) is 27.6. The number of nitro benzene ring substituents is 1. The molecule has 3 unspecified atom stereocenters. The van der Waals surface area contributed by atoms with Crippen molar-refractivity contribution in [3.63, 3.8) is 0 Å². The Bertz CT molecular complexity index is 678. The van der Waals surface area contributed by atoms with Crippen LogP contribution in [0.3, 0.4) is 0 Å². The highest BCUT2D eigenvalue weighted by molar-refractivity contribution is 9.09. The standard InChI is InChI=1S/C17H24BrN5O3/c1-11(2)15-14(18)16(20-19-15)17(24)22-9-7-21(8-10-22)12-5-3-4-6-13(12)23(25)26/h3-6,11,14-16,19-20H,7-10H2,1-2H3. The van der Waals surface area contributed by atoms with Gasteiger partial charge in [-0.05, 0) is 12.0 Å². The lowest BCUT2D eigenvalue weighted by Gasteiger charge is -2.37. The molecule has 0 spiro atoms. The van der Waals surface area contributed by atoms with Gasteiger partial charge in [-0.2, -0.15) is 0 Å². The Morgan fingerprint density at radius 2 is 1.88 bits per heavy atom. The summed E-state index contributed by atoms with van der Waals surface area (Å²) in [7, 11) is 0. The predicted octanol–water partition coefficient (Wildman–Crippen LogP) is 1.51. The normalized spacial score (nSPS) is 26.4. The molecule has 1 amide bonds. The number of hydrazine groups is 1. The van der Waals surface area contributed by atoms with E-state index in [-0.39, 0.29) is 33.4 Å². The number of hydrogen-bond donors (Lipinski definition) is 2. The highest BCUT2D eigenvalue weighted by Crippen LogP contribution is 2.29. The molecule has 1 aromatic carbocycles. The molecule has 2 heterocycles. The fraction of sp³-hybridized carbons (Fsp3) is 0.588. The number of piperazine rings is 1. The number of nitro groups is 1. The van der Waals surface area contributed by atoms with Crippen LogP contribution in [0.5, 0.6) is 0 Å². The topological polar surface area (TPSA) is 90.8 Å². The first kappa shape index (κ1) is 19.1. The highest BCUT2D eigenvalue weighted by Gasteiger charge is 2.42. The Kier molecular flexibility index (Phi) is 5.79. The largest absolute Gasteiger partial charge is 0.362 e. The van der Waals surface area contributed by atoms with Crippen molar-refractivity contribution in [1.29, 1.82) is 0 Å². The van der Waals surface area contributed by atoms with E-state index < -0.39 is 0 Å². The third-order valence-electron chi connectivity index (χ3n) is 5.06. The van der Waals surface area contributed by atoms with Crippen molar-refractivity contribution in [2.45, 2.75) is 30.8 Å². The number of amides is 1. The Morgan fingerprint density at radius 1 is 1.23 bits per heavy atom. The number of halogens is 1. The van der Waals surface area contributed by atoms with Gasteiger partial charge in [0.15, 0.2) is 0 Å². The van der Waals surface area contributed by atoms with Crippen LogP contribution in [0.1, 0.15) is 13.8 Å². The van der Waals surface area contributed by atoms with E-state index in [4.69, 9.17) is 0 Å². The zero-order valence-corrected chi connectivity index (χ0v) is 16.5. The fourth-order valence-electron chi connectivity index (χ4n) is 3.54. The molecule has 3 atom stereocenters. The van der Waals surface area contributed by atoms with Gasteiger partial charge in [0.1, 0.15) is 11.7 Å². The lowest BCUT2D eigenvalue weighted by atomic mass is 9.99. The zero-order valence-electron chi connectivity index (χ0n) is 14.9. The minimum Gasteiger partial charge on any atom is -0.362 e. The number of anilines is 1. The lowest BCUT2D eigenvalue weighted by Crippen LogP contribution is -2.55. The number of carbonyl (C=O) groups is 1. The molecule has 26 heavy (non-hydrogen) atoms. The number of rotatable bonds is 4. The van der Waals surface area contributed by atoms with Crippen molar-refractivity contribution >= 4 is 33.2 Å². The van der Waals surface area contributed by atoms with E-state index in [0.29, 0.717) is 37.8 Å². The van der Waals surface area contributed by atoms with E-state index in [9.17, 15) is 14.9 Å². The zero-order chi connectivity index (χ0) is 18.8. The molecule has 142 valence electrons. The van der Waals surface area contributed by atoms with Crippen LogP contribution < -0.4 is 15.8 Å². The molecule has 2 saturated heterocycles. The molecule has 9 heteroatoms. The average Bonchev–Trinajstić information content (AvgIpc) is 3.03. The third-order valence-corrected chi connectivity index (χ3v) is 6.16. The molecule has 2 fully saturated rings. The van der Waals surface area contributed by atoms with E-state index >= 15 is 0 Å². The molecule has 0 radical (unpaired) electrons. The summed E-state index contributed by atoms with van der Waals surface area (Å²) in [6.07, 6.45) is 0. The van der Waals surface area contributed by atoms with Gasteiger partial charge in [0, 0.05) is 38.3 Å². The average molecular weight is 426 g/mol. The van der Waals surface area contributed by atoms with Crippen molar-refractivity contribution in [1.82, 2.24) is 15.8 Å². The van der Waals surface area contributed by atoms with Crippen molar-refractivity contribution in [2.24, 2.45) is 5.92 Å². The monoisotopic (exact) mass is 425 g/mol. The maximum atomic E-state index is 12.9. The number of benzene rings is 1. The summed E-state index contributed by atoms with van der Waals surface area (Å²) in [5.41, 5.74) is 7.03. The van der Waals surface area contributed by atoms with Crippen LogP contribution in [0.2, 0.25) is 0 Å². The number of hydrogen-bond acceptors (Lipinski definition) is 6. The second kappa shape index (κ2) is 7.89. The Morgan fingerprint density at radius 3 is 2.46 bits per heavy atom. The molecule has 0 aliphatic carbocycles. The molecule has 8 nitrogen and oxygen atoms in total. The Labute approximate surface area is 161 Å². The van der Waals surface area contributed by atoms with Crippen LogP contribution >= 0.6 is 15.9 Å². The number of nitrogens with zero attached hydrogens (tertiary/aromatic N) is 3. The summed E-state index contributed by atoms with van der Waals surface area (Å²) in [5.74, 6) is 0.463. The predicted molar refractivity (Wildman–Crippen MR) is 103 cm³/mol. The molecular formula is C17H24BrN5O3. The van der Waals surface area contributed by atoms with E-state index in [1.54, 1.807) is 18.2 Å². The Balaban J connectivity index is 1.62. The number of carbonyl (C=O) groups excluding carboxylic acids is 1. The number of nitrogens with one attached hydrogen (secondary N) is 2. The lowest BCUT2D eigenvalue weighted by molar-refractivity contribution is -0.384. The maximum Gasteiger partial charge on any atom is 0.292 e. The minimum atomic E-state index is -0.359. The maximum absolute atomic E-state index is 12.9. The van der Waals surface area contributed by atoms with Gasteiger partial charge < -0.3 is 9.80 Å². The van der Waals surface area contributed by atoms with Crippen LogP contribution in [-0.4, -0.2) is 58.8 Å². The first-order chi connectivity index (χ1) is 12.4. The molecular weight excluding hydrogens is 402 g/mol. The quantitative estimate of drug-likeness (QED) is 0.431. The van der Waals surface area contributed by atoms with E-state index in [0.717, 1.165) is 0 Å². The molecule has 3 rings (SSSR count). The van der Waals surface area contributed by atoms with Gasteiger partial charge in [0.25, 0.3) is 5.69 Å². The second-order valence-corrected chi connectivity index (χ2v) is 8.10. The van der Waals surface area contributed by atoms with Crippen LogP contribution in [0.4, 0.5) is 11.4 Å². The van der Waals surface area contributed by atoms with Crippen LogP contribution in [0.25, 0.3) is 0 Å². The van der Waals surface area contributed by atoms with Crippen LogP contribution in [-0.2, 0) is 4.79 Å². The number of alkyl halides is 1. The van der Waals surface area contributed by atoms with E-state index in [1.165, 1.54) is 6.07 Å². The van der Waals surface area contributed by atoms with Crippen molar-refractivity contribution < 1.29 is 9.72 Å². The summed E-state index contributed by atoms with van der Waals surface area (Å²) < 4.78 is 0. The molecule has 0 bridgehead atoms. The summed E-state index contributed by atoms with van der Waals surface area (Å²) >= 11 is 3.66. The van der Waals surface area contributed by atoms with Gasteiger partial charge in [0.2, 0.25) is 5.91 Å². The Hall–Kier alpha value is -1.71. The molecule has 2 N–H and O–H groups in total. The first-order valence-corrected chi connectivity index (χ1v) is 9.74. The molecule has 2 aliphatic heterocycles. The minimum absolute atomic E-state index is 0.0308. The number of para-hydroxylation sites is 2. The third kappa shape index (κ3) is 3.70. The van der Waals surface area contributed by atoms with Crippen LogP contribution in [0.15, 0.2) is 24.3 Å². The van der Waals surface area contributed by atoms with Gasteiger partial charge in [-0.25, -0.2) is 5.43 Å². The van der Waals surface area contributed by atoms with Gasteiger partial charge in [-0.15, -0.1) is 0 Å². The summed E-state index contributed by atoms with van der Waals surface area (Å²) in [5, 5.41) is 11.2. The van der Waals surface area contributed by atoms with Crippen molar-refractivity contribution in [3.8, 4) is 0 Å². The van der Waals surface area contributed by atoms with E-state index in [1.807, 2.05) is 9.80 Å². The van der Waals surface area contributed by atoms with Gasteiger partial charge >= 0.3 is 0 Å². The van der Waals surface area contributed by atoms with Gasteiger partial charge in [-0.3, -0.25) is 20.3 Å². The highest BCUT2D eigenvalue weighted by atomic mass is 79.9. The SMILES string of the molecule is CC(C)C1NNC(C(=O)N2CCN(c3ccccc3[N+](=O)[O-])CC2)C1Br. The molecule has 0 aromatic heterocycles. The van der Waals surface area contributed by atoms with Crippen molar-refractivity contribution in [2.75, 3.05) is 31.1 Å². The van der Waals surface area contributed by atoms with Gasteiger partial charge in [0.05, 0.1) is 9.75 Å². The van der Waals surface area contributed by atoms with Gasteiger partial charge in [-0.1, -0.05) is 41.9 Å².